The number of carbonyl (C=O) groups excluding carboxylic acids is 1. The number of pyridine rings is 1. The van der Waals surface area contributed by atoms with Crippen molar-refractivity contribution in [1.82, 2.24) is 15.2 Å². The molecule has 10 heteroatoms. The fourth-order valence-electron chi connectivity index (χ4n) is 2.75. The average molecular weight is 468 g/mol. The minimum absolute atomic E-state index is 0. The van der Waals surface area contributed by atoms with E-state index in [-0.39, 0.29) is 36.9 Å². The molecular weight excluding hydrogens is 446 g/mol. The van der Waals surface area contributed by atoms with E-state index in [1.165, 1.54) is 0 Å². The lowest BCUT2D eigenvalue weighted by molar-refractivity contribution is 0.132. The number of nitrogens with zero attached hydrogens (tertiary/aromatic N) is 2. The third kappa shape index (κ3) is 6.29. The van der Waals surface area contributed by atoms with Crippen molar-refractivity contribution >= 4 is 59.7 Å². The van der Waals surface area contributed by atoms with E-state index in [0.717, 1.165) is 18.0 Å². The van der Waals surface area contributed by atoms with Crippen molar-refractivity contribution < 1.29 is 9.53 Å². The highest BCUT2D eigenvalue weighted by molar-refractivity contribution is 6.42. The molecule has 2 N–H and O–H groups in total. The van der Waals surface area contributed by atoms with Crippen LogP contribution in [0, 0.1) is 6.92 Å². The number of carbonyl (C=O) groups is 1. The standard InChI is InChI=1S/C18H20Cl2N4O2.2ClH/c1-12-17(3-2-6-22-12)26-11-14-10-21-7-8-24(14)18(25)23-13-4-5-15(19)16(20)9-13;;/h2-6,9,14,21H,7-8,10-11H2,1H3,(H,23,25);2*1H. The summed E-state index contributed by atoms with van der Waals surface area (Å²) in [4.78, 5) is 18.7. The summed E-state index contributed by atoms with van der Waals surface area (Å²) in [5, 5.41) is 7.01. The van der Waals surface area contributed by atoms with Crippen molar-refractivity contribution in [2.24, 2.45) is 0 Å². The number of urea groups is 1. The van der Waals surface area contributed by atoms with Crippen molar-refractivity contribution in [1.29, 1.82) is 0 Å². The van der Waals surface area contributed by atoms with Crippen LogP contribution in [0.15, 0.2) is 36.5 Å². The number of amides is 2. The number of anilines is 1. The van der Waals surface area contributed by atoms with E-state index in [0.29, 0.717) is 35.4 Å². The lowest BCUT2D eigenvalue weighted by Gasteiger charge is -2.36. The first-order valence-corrected chi connectivity index (χ1v) is 9.08. The van der Waals surface area contributed by atoms with E-state index in [9.17, 15) is 4.79 Å². The molecule has 1 fully saturated rings. The number of hydrogen-bond donors (Lipinski definition) is 2. The van der Waals surface area contributed by atoms with Crippen LogP contribution in [-0.2, 0) is 0 Å². The second kappa shape index (κ2) is 11.5. The number of aryl methyl sites for hydroxylation is 1. The molecule has 2 heterocycles. The van der Waals surface area contributed by atoms with Crippen LogP contribution < -0.4 is 15.4 Å². The topological polar surface area (TPSA) is 66.5 Å². The number of benzene rings is 1. The quantitative estimate of drug-likeness (QED) is 0.698. The first kappa shape index (κ1) is 24.6. The number of aromatic nitrogens is 1. The van der Waals surface area contributed by atoms with Gasteiger partial charge in [-0.05, 0) is 37.3 Å². The van der Waals surface area contributed by atoms with Crippen LogP contribution in [0.25, 0.3) is 0 Å². The molecule has 154 valence electrons. The highest BCUT2D eigenvalue weighted by atomic mass is 35.5. The maximum absolute atomic E-state index is 12.7. The third-order valence-corrected chi connectivity index (χ3v) is 4.91. The lowest BCUT2D eigenvalue weighted by atomic mass is 10.2. The zero-order chi connectivity index (χ0) is 18.5. The van der Waals surface area contributed by atoms with E-state index >= 15 is 0 Å². The Balaban J connectivity index is 0.00000196. The number of ether oxygens (including phenoxy) is 1. The van der Waals surface area contributed by atoms with Gasteiger partial charge in [-0.2, -0.15) is 0 Å². The predicted octanol–water partition coefficient (Wildman–Crippen LogP) is 4.43. The molecule has 1 aromatic carbocycles. The van der Waals surface area contributed by atoms with E-state index in [4.69, 9.17) is 27.9 Å². The smallest absolute Gasteiger partial charge is 0.322 e. The van der Waals surface area contributed by atoms with Crippen LogP contribution in [-0.4, -0.2) is 48.2 Å². The van der Waals surface area contributed by atoms with Crippen LogP contribution >= 0.6 is 48.0 Å². The van der Waals surface area contributed by atoms with Crippen LogP contribution in [0.3, 0.4) is 0 Å². The predicted molar refractivity (Wildman–Crippen MR) is 118 cm³/mol. The summed E-state index contributed by atoms with van der Waals surface area (Å²) in [5.74, 6) is 0.725. The molecule has 1 saturated heterocycles. The van der Waals surface area contributed by atoms with E-state index in [1.807, 2.05) is 19.1 Å². The Morgan fingerprint density at radius 2 is 2.11 bits per heavy atom. The zero-order valence-corrected chi connectivity index (χ0v) is 18.3. The van der Waals surface area contributed by atoms with Gasteiger partial charge in [0, 0.05) is 31.5 Å². The van der Waals surface area contributed by atoms with Crippen LogP contribution in [0.4, 0.5) is 10.5 Å². The third-order valence-electron chi connectivity index (χ3n) is 4.17. The highest BCUT2D eigenvalue weighted by Crippen LogP contribution is 2.25. The summed E-state index contributed by atoms with van der Waals surface area (Å²) in [6.45, 7) is 4.26. The highest BCUT2D eigenvalue weighted by Gasteiger charge is 2.27. The van der Waals surface area contributed by atoms with Gasteiger partial charge in [-0.25, -0.2) is 4.79 Å². The van der Waals surface area contributed by atoms with Crippen molar-refractivity contribution in [2.75, 3.05) is 31.6 Å². The maximum Gasteiger partial charge on any atom is 0.322 e. The number of halogens is 4. The van der Waals surface area contributed by atoms with Gasteiger partial charge < -0.3 is 20.3 Å². The van der Waals surface area contributed by atoms with Crippen molar-refractivity contribution in [3.8, 4) is 5.75 Å². The minimum atomic E-state index is -0.193. The van der Waals surface area contributed by atoms with Gasteiger partial charge in [-0.3, -0.25) is 4.98 Å². The second-order valence-corrected chi connectivity index (χ2v) is 6.82. The molecular formula is C18H22Cl4N4O2. The second-order valence-electron chi connectivity index (χ2n) is 6.01. The molecule has 0 saturated carbocycles. The number of hydrogen-bond acceptors (Lipinski definition) is 4. The fourth-order valence-corrected chi connectivity index (χ4v) is 3.05. The minimum Gasteiger partial charge on any atom is -0.489 e. The van der Waals surface area contributed by atoms with Gasteiger partial charge in [-0.1, -0.05) is 23.2 Å². The van der Waals surface area contributed by atoms with Crippen LogP contribution in [0.1, 0.15) is 5.69 Å². The molecule has 3 rings (SSSR count). The molecule has 1 aromatic heterocycles. The molecule has 1 unspecified atom stereocenters. The Kier molecular flexibility index (Phi) is 10.1. The van der Waals surface area contributed by atoms with Gasteiger partial charge in [-0.15, -0.1) is 24.8 Å². The molecule has 0 aliphatic carbocycles. The fraction of sp³-hybridized carbons (Fsp3) is 0.333. The van der Waals surface area contributed by atoms with Gasteiger partial charge in [0.25, 0.3) is 0 Å². The SMILES string of the molecule is Cc1ncccc1OCC1CNCCN1C(=O)Nc1ccc(Cl)c(Cl)c1.Cl.Cl. The van der Waals surface area contributed by atoms with E-state index in [2.05, 4.69) is 15.6 Å². The lowest BCUT2D eigenvalue weighted by Crippen LogP contribution is -2.57. The summed E-state index contributed by atoms with van der Waals surface area (Å²) in [6, 6.07) is 8.43. The first-order valence-electron chi connectivity index (χ1n) is 8.32. The van der Waals surface area contributed by atoms with E-state index < -0.39 is 0 Å². The Labute approximate surface area is 186 Å². The molecule has 1 aliphatic heterocycles. The molecule has 28 heavy (non-hydrogen) atoms. The number of piperazine rings is 1. The Bertz CT molecular complexity index is 794. The summed E-state index contributed by atoms with van der Waals surface area (Å²) in [5.41, 5.74) is 1.42. The summed E-state index contributed by atoms with van der Waals surface area (Å²) >= 11 is 11.9. The van der Waals surface area contributed by atoms with Gasteiger partial charge in [0.05, 0.1) is 21.8 Å². The summed E-state index contributed by atoms with van der Waals surface area (Å²) in [6.07, 6.45) is 1.72. The normalized spacial score (nSPS) is 15.8. The van der Waals surface area contributed by atoms with Crippen molar-refractivity contribution in [2.45, 2.75) is 13.0 Å². The van der Waals surface area contributed by atoms with Crippen molar-refractivity contribution in [3.63, 3.8) is 0 Å². The molecule has 2 amide bonds. The Morgan fingerprint density at radius 3 is 2.82 bits per heavy atom. The monoisotopic (exact) mass is 466 g/mol. The largest absolute Gasteiger partial charge is 0.489 e. The van der Waals surface area contributed by atoms with Gasteiger partial charge in [0.1, 0.15) is 12.4 Å². The average Bonchev–Trinajstić information content (AvgIpc) is 2.64. The molecule has 0 bridgehead atoms. The Hall–Kier alpha value is -1.44. The molecule has 6 nitrogen and oxygen atoms in total. The molecule has 1 aliphatic rings. The summed E-state index contributed by atoms with van der Waals surface area (Å²) in [7, 11) is 0. The van der Waals surface area contributed by atoms with Crippen molar-refractivity contribution in [3.05, 3.63) is 52.3 Å². The number of nitrogens with one attached hydrogen (secondary N) is 2. The molecule has 0 radical (unpaired) electrons. The van der Waals surface area contributed by atoms with Crippen LogP contribution in [0.2, 0.25) is 10.0 Å². The van der Waals surface area contributed by atoms with Gasteiger partial charge in [0.15, 0.2) is 0 Å². The van der Waals surface area contributed by atoms with Gasteiger partial charge >= 0.3 is 6.03 Å². The van der Waals surface area contributed by atoms with Crippen LogP contribution in [0.5, 0.6) is 5.75 Å². The van der Waals surface area contributed by atoms with E-state index in [1.54, 1.807) is 29.3 Å². The molecule has 2 aromatic rings. The first-order chi connectivity index (χ1) is 12.5. The number of rotatable bonds is 4. The Morgan fingerprint density at radius 1 is 1.32 bits per heavy atom. The zero-order valence-electron chi connectivity index (χ0n) is 15.2. The molecule has 0 spiro atoms. The molecule has 1 atom stereocenters. The van der Waals surface area contributed by atoms with Gasteiger partial charge in [0.2, 0.25) is 0 Å². The summed E-state index contributed by atoms with van der Waals surface area (Å²) < 4.78 is 5.88. The maximum atomic E-state index is 12.7.